The molecular weight excluding hydrogens is 184 g/mol. The summed E-state index contributed by atoms with van der Waals surface area (Å²) in [7, 11) is 0. The first-order valence-corrected chi connectivity index (χ1v) is 6.28. The Kier molecular flexibility index (Phi) is 5.57. The van der Waals surface area contributed by atoms with Crippen LogP contribution in [0.15, 0.2) is 0 Å². The van der Waals surface area contributed by atoms with E-state index in [9.17, 15) is 0 Å². The topological polar surface area (TPSA) is 0 Å². The second-order valence-corrected chi connectivity index (χ2v) is 4.94. The minimum Gasteiger partial charge on any atom is -0.179 e. The molecule has 0 aromatic carbocycles. The molecule has 0 aromatic heterocycles. The molecule has 0 saturated heterocycles. The van der Waals surface area contributed by atoms with Gasteiger partial charge in [-0.25, -0.2) is 0 Å². The predicted octanol–water partition coefficient (Wildman–Crippen LogP) is 3.58. The van der Waals surface area contributed by atoms with Crippen LogP contribution in [0.4, 0.5) is 0 Å². The number of hydrogen-bond acceptors (Lipinski definition) is 2. The van der Waals surface area contributed by atoms with Crippen LogP contribution in [-0.4, -0.2) is 11.0 Å². The molecule has 0 amide bonds. The summed E-state index contributed by atoms with van der Waals surface area (Å²) < 4.78 is 0. The van der Waals surface area contributed by atoms with E-state index in [4.69, 9.17) is 0 Å². The van der Waals surface area contributed by atoms with Crippen molar-refractivity contribution in [1.82, 2.24) is 0 Å². The van der Waals surface area contributed by atoms with Gasteiger partial charge >= 0.3 is 0 Å². The minimum atomic E-state index is 0.650. The molecule has 1 fully saturated rings. The maximum Gasteiger partial charge on any atom is 0.00453 e. The smallest absolute Gasteiger partial charge is 0.00453 e. The summed E-state index contributed by atoms with van der Waals surface area (Å²) in [5.74, 6) is 1.92. The lowest BCUT2D eigenvalue weighted by atomic mass is 9.85. The summed E-state index contributed by atoms with van der Waals surface area (Å²) in [6, 6.07) is 0. The van der Waals surface area contributed by atoms with E-state index >= 15 is 0 Å². The van der Waals surface area contributed by atoms with Gasteiger partial charge in [-0.1, -0.05) is 19.3 Å². The van der Waals surface area contributed by atoms with Crippen LogP contribution in [-0.2, 0) is 0 Å². The maximum absolute atomic E-state index is 4.67. The van der Waals surface area contributed by atoms with Crippen LogP contribution in [0.2, 0.25) is 0 Å². The van der Waals surface area contributed by atoms with Crippen molar-refractivity contribution >= 4 is 25.3 Å². The average molecular weight is 204 g/mol. The lowest BCUT2D eigenvalue weighted by molar-refractivity contribution is 0.341. The molecule has 12 heavy (non-hydrogen) atoms. The van der Waals surface area contributed by atoms with Crippen LogP contribution >= 0.6 is 25.3 Å². The molecule has 1 unspecified atom stereocenters. The normalized spacial score (nSPS) is 22.5. The van der Waals surface area contributed by atoms with Gasteiger partial charge in [-0.2, -0.15) is 25.3 Å². The van der Waals surface area contributed by atoms with Crippen molar-refractivity contribution in [3.63, 3.8) is 0 Å². The predicted molar refractivity (Wildman–Crippen MR) is 62.4 cm³/mol. The second kappa shape index (κ2) is 6.20. The Hall–Kier alpha value is 0.700. The Morgan fingerprint density at radius 1 is 1.17 bits per heavy atom. The molecular formula is C10H20S2. The van der Waals surface area contributed by atoms with Gasteiger partial charge in [0.1, 0.15) is 0 Å². The molecule has 72 valence electrons. The zero-order valence-electron chi connectivity index (χ0n) is 7.71. The fourth-order valence-corrected chi connectivity index (χ4v) is 2.72. The third-order valence-corrected chi connectivity index (χ3v) is 3.85. The van der Waals surface area contributed by atoms with Gasteiger partial charge in [-0.05, 0) is 37.4 Å². The molecule has 1 saturated carbocycles. The summed E-state index contributed by atoms with van der Waals surface area (Å²) in [6.45, 7) is 0. The number of hydrogen-bond donors (Lipinski definition) is 2. The van der Waals surface area contributed by atoms with E-state index in [0.29, 0.717) is 5.25 Å². The van der Waals surface area contributed by atoms with Gasteiger partial charge in [0.05, 0.1) is 0 Å². The summed E-state index contributed by atoms with van der Waals surface area (Å²) in [4.78, 5) is 0. The third-order valence-electron chi connectivity index (χ3n) is 2.85. The zero-order chi connectivity index (χ0) is 8.81. The second-order valence-electron chi connectivity index (χ2n) is 3.83. The third kappa shape index (κ3) is 3.61. The first kappa shape index (κ1) is 10.8. The van der Waals surface area contributed by atoms with Crippen molar-refractivity contribution in [2.45, 2.75) is 50.2 Å². The van der Waals surface area contributed by atoms with Gasteiger partial charge in [0, 0.05) is 5.25 Å². The van der Waals surface area contributed by atoms with Crippen LogP contribution < -0.4 is 0 Å². The van der Waals surface area contributed by atoms with Crippen LogP contribution in [0, 0.1) is 5.92 Å². The highest BCUT2D eigenvalue weighted by atomic mass is 32.1. The minimum absolute atomic E-state index is 0.650. The van der Waals surface area contributed by atoms with E-state index in [2.05, 4.69) is 25.3 Å². The summed E-state index contributed by atoms with van der Waals surface area (Å²) in [5, 5.41) is 0.650. The molecule has 0 spiro atoms. The SMILES string of the molecule is SCCCC(S)C1CCCCC1. The van der Waals surface area contributed by atoms with Crippen molar-refractivity contribution in [3.8, 4) is 0 Å². The highest BCUT2D eigenvalue weighted by molar-refractivity contribution is 7.81. The van der Waals surface area contributed by atoms with Gasteiger partial charge < -0.3 is 0 Å². The zero-order valence-corrected chi connectivity index (χ0v) is 9.49. The summed E-state index contributed by atoms with van der Waals surface area (Å²) in [5.41, 5.74) is 0. The van der Waals surface area contributed by atoms with Crippen molar-refractivity contribution in [3.05, 3.63) is 0 Å². The van der Waals surface area contributed by atoms with Crippen molar-refractivity contribution in [2.24, 2.45) is 5.92 Å². The highest BCUT2D eigenvalue weighted by Crippen LogP contribution is 2.30. The van der Waals surface area contributed by atoms with Crippen molar-refractivity contribution in [2.75, 3.05) is 5.75 Å². The lowest BCUT2D eigenvalue weighted by Gasteiger charge is -2.26. The molecule has 0 N–H and O–H groups in total. The van der Waals surface area contributed by atoms with Gasteiger partial charge in [-0.15, -0.1) is 0 Å². The Morgan fingerprint density at radius 3 is 2.42 bits per heavy atom. The maximum atomic E-state index is 4.67. The molecule has 0 radical (unpaired) electrons. The van der Waals surface area contributed by atoms with Crippen LogP contribution in [0.5, 0.6) is 0 Å². The van der Waals surface area contributed by atoms with E-state index in [1.165, 1.54) is 44.9 Å². The summed E-state index contributed by atoms with van der Waals surface area (Å²) >= 11 is 8.90. The molecule has 0 nitrogen and oxygen atoms in total. The van der Waals surface area contributed by atoms with Crippen LogP contribution in [0.25, 0.3) is 0 Å². The van der Waals surface area contributed by atoms with Gasteiger partial charge in [0.25, 0.3) is 0 Å². The van der Waals surface area contributed by atoms with E-state index in [0.717, 1.165) is 11.7 Å². The molecule has 1 aliphatic carbocycles. The number of thiol groups is 2. The molecule has 0 aliphatic heterocycles. The highest BCUT2D eigenvalue weighted by Gasteiger charge is 2.19. The molecule has 0 bridgehead atoms. The van der Waals surface area contributed by atoms with Crippen LogP contribution in [0.3, 0.4) is 0 Å². The lowest BCUT2D eigenvalue weighted by Crippen LogP contribution is -2.18. The van der Waals surface area contributed by atoms with E-state index in [1.54, 1.807) is 0 Å². The largest absolute Gasteiger partial charge is 0.179 e. The first-order chi connectivity index (χ1) is 5.84. The molecule has 1 rings (SSSR count). The fraction of sp³-hybridized carbons (Fsp3) is 1.00. The quantitative estimate of drug-likeness (QED) is 0.643. The number of rotatable bonds is 4. The van der Waals surface area contributed by atoms with Gasteiger partial charge in [0.15, 0.2) is 0 Å². The molecule has 1 atom stereocenters. The standard InChI is InChI=1S/C10H20S2/c11-8-4-7-10(12)9-5-2-1-3-6-9/h9-12H,1-8H2. The first-order valence-electron chi connectivity index (χ1n) is 5.13. The Bertz CT molecular complexity index is 108. The fourth-order valence-electron chi connectivity index (χ4n) is 2.06. The molecule has 1 aliphatic rings. The molecule has 0 heterocycles. The van der Waals surface area contributed by atoms with E-state index < -0.39 is 0 Å². The molecule has 0 aromatic rings. The van der Waals surface area contributed by atoms with E-state index in [-0.39, 0.29) is 0 Å². The van der Waals surface area contributed by atoms with E-state index in [1.807, 2.05) is 0 Å². The average Bonchev–Trinajstić information content (AvgIpc) is 2.15. The van der Waals surface area contributed by atoms with Gasteiger partial charge in [0.2, 0.25) is 0 Å². The van der Waals surface area contributed by atoms with Gasteiger partial charge in [-0.3, -0.25) is 0 Å². The Labute approximate surface area is 87.3 Å². The van der Waals surface area contributed by atoms with Crippen molar-refractivity contribution < 1.29 is 0 Å². The Balaban J connectivity index is 2.15. The monoisotopic (exact) mass is 204 g/mol. The molecule has 2 heteroatoms. The summed E-state index contributed by atoms with van der Waals surface area (Å²) in [6.07, 6.45) is 9.64. The van der Waals surface area contributed by atoms with Crippen LogP contribution in [0.1, 0.15) is 44.9 Å². The Morgan fingerprint density at radius 2 is 1.83 bits per heavy atom. The van der Waals surface area contributed by atoms with Crippen molar-refractivity contribution in [1.29, 1.82) is 0 Å².